The summed E-state index contributed by atoms with van der Waals surface area (Å²) >= 11 is 0. The first-order valence-electron chi connectivity index (χ1n) is 10.2. The number of aromatic nitrogens is 2. The molecule has 0 saturated carbocycles. The summed E-state index contributed by atoms with van der Waals surface area (Å²) in [6, 6.07) is 11.9. The Bertz CT molecular complexity index is 1360. The predicted octanol–water partition coefficient (Wildman–Crippen LogP) is 2.25. The quantitative estimate of drug-likeness (QED) is 0.575. The summed E-state index contributed by atoms with van der Waals surface area (Å²) in [5.74, 6) is -0.490. The highest BCUT2D eigenvalue weighted by atomic mass is 16.7. The summed E-state index contributed by atoms with van der Waals surface area (Å²) in [6.45, 7) is 4.83. The van der Waals surface area contributed by atoms with Crippen LogP contribution in [-0.2, 0) is 6.54 Å². The molecule has 0 bridgehead atoms. The molecule has 1 aliphatic heterocycles. The van der Waals surface area contributed by atoms with Gasteiger partial charge < -0.3 is 15.2 Å². The Hall–Kier alpha value is -4.34. The summed E-state index contributed by atoms with van der Waals surface area (Å²) in [4.78, 5) is 50.7. The van der Waals surface area contributed by atoms with Crippen LogP contribution in [0.1, 0.15) is 16.7 Å². The zero-order chi connectivity index (χ0) is 23.7. The van der Waals surface area contributed by atoms with Crippen molar-refractivity contribution in [3.05, 3.63) is 86.2 Å². The number of ether oxygens (including phenoxy) is 1. The third-order valence-electron chi connectivity index (χ3n) is 5.68. The number of aryl methyl sites for hydroxylation is 1. The van der Waals surface area contributed by atoms with Crippen molar-refractivity contribution < 1.29 is 19.4 Å². The van der Waals surface area contributed by atoms with E-state index in [0.29, 0.717) is 24.5 Å². The fourth-order valence-corrected chi connectivity index (χ4v) is 3.73. The van der Waals surface area contributed by atoms with E-state index in [9.17, 15) is 19.2 Å². The average Bonchev–Trinajstić information content (AvgIpc) is 3.21. The lowest BCUT2D eigenvalue weighted by Gasteiger charge is -2.16. The minimum atomic E-state index is -1.66. The second-order valence-corrected chi connectivity index (χ2v) is 7.66. The summed E-state index contributed by atoms with van der Waals surface area (Å²) in [5, 5.41) is 11.8. The van der Waals surface area contributed by atoms with Crippen LogP contribution in [0.4, 0.5) is 15.3 Å². The summed E-state index contributed by atoms with van der Waals surface area (Å²) < 4.78 is 6.77. The Balaban J connectivity index is 1.81. The molecule has 0 atom stereocenters. The Morgan fingerprint density at radius 1 is 1.06 bits per heavy atom. The van der Waals surface area contributed by atoms with Gasteiger partial charge >= 0.3 is 17.9 Å². The molecule has 1 aromatic heterocycles. The van der Waals surface area contributed by atoms with Crippen molar-refractivity contribution in [2.45, 2.75) is 20.4 Å². The minimum Gasteiger partial charge on any atom is -0.449 e. The van der Waals surface area contributed by atoms with E-state index in [1.807, 2.05) is 26.0 Å². The number of carbonyl (C=O) groups excluding carboxylic acids is 1. The van der Waals surface area contributed by atoms with Crippen LogP contribution in [0, 0.1) is 13.8 Å². The SMILES string of the molecule is Cc1cccc(Cn2c(=O)c(OC(=O)O)cn(-c3ccc(N4CCNC4=O)cc3)c2=O)c1C. The third-order valence-corrected chi connectivity index (χ3v) is 5.68. The number of carboxylic acid groups (broad SMARTS) is 1. The fourth-order valence-electron chi connectivity index (χ4n) is 3.73. The topological polar surface area (TPSA) is 123 Å². The highest BCUT2D eigenvalue weighted by Crippen LogP contribution is 2.19. The van der Waals surface area contributed by atoms with E-state index in [1.54, 1.807) is 35.2 Å². The lowest BCUT2D eigenvalue weighted by atomic mass is 10.0. The van der Waals surface area contributed by atoms with Gasteiger partial charge in [0.25, 0.3) is 5.56 Å². The maximum absolute atomic E-state index is 13.3. The van der Waals surface area contributed by atoms with Gasteiger partial charge in [-0.1, -0.05) is 18.2 Å². The van der Waals surface area contributed by atoms with E-state index in [1.165, 1.54) is 0 Å². The van der Waals surface area contributed by atoms with E-state index in [4.69, 9.17) is 5.11 Å². The third kappa shape index (κ3) is 4.22. The Morgan fingerprint density at radius 2 is 1.76 bits per heavy atom. The molecule has 170 valence electrons. The standard InChI is InChI=1S/C23H22N4O6/c1-14-4-3-5-16(15(14)2)12-27-20(28)19(33-23(31)32)13-26(22(27)30)18-8-6-17(7-9-18)25-11-10-24-21(25)29/h3-9,13H,10-12H2,1-2H3,(H,24,29)(H,31,32). The van der Waals surface area contributed by atoms with Gasteiger partial charge in [0.1, 0.15) is 0 Å². The summed E-state index contributed by atoms with van der Waals surface area (Å²) in [6.07, 6.45) is -0.596. The molecular formula is C23H22N4O6. The number of amides is 2. The molecule has 0 unspecified atom stereocenters. The van der Waals surface area contributed by atoms with E-state index < -0.39 is 23.2 Å². The van der Waals surface area contributed by atoms with E-state index in [-0.39, 0.29) is 12.6 Å². The minimum absolute atomic E-state index is 0.0476. The molecule has 1 saturated heterocycles. The van der Waals surface area contributed by atoms with Crippen LogP contribution in [0.25, 0.3) is 5.69 Å². The molecule has 4 rings (SSSR count). The molecule has 2 amide bonds. The lowest BCUT2D eigenvalue weighted by molar-refractivity contribution is 0.143. The van der Waals surface area contributed by atoms with Gasteiger partial charge in [0.15, 0.2) is 0 Å². The van der Waals surface area contributed by atoms with Crippen molar-refractivity contribution in [1.82, 2.24) is 14.5 Å². The van der Waals surface area contributed by atoms with E-state index in [2.05, 4.69) is 10.1 Å². The highest BCUT2D eigenvalue weighted by Gasteiger charge is 2.21. The van der Waals surface area contributed by atoms with Crippen molar-refractivity contribution in [1.29, 1.82) is 0 Å². The average molecular weight is 450 g/mol. The zero-order valence-electron chi connectivity index (χ0n) is 18.1. The first-order chi connectivity index (χ1) is 15.8. The smallest absolute Gasteiger partial charge is 0.449 e. The van der Waals surface area contributed by atoms with Crippen molar-refractivity contribution in [3.63, 3.8) is 0 Å². The molecule has 1 aliphatic rings. The molecule has 3 aromatic rings. The van der Waals surface area contributed by atoms with Crippen LogP contribution < -0.4 is 26.2 Å². The molecule has 2 heterocycles. The van der Waals surface area contributed by atoms with Crippen molar-refractivity contribution in [3.8, 4) is 11.4 Å². The molecule has 33 heavy (non-hydrogen) atoms. The van der Waals surface area contributed by atoms with Crippen molar-refractivity contribution in [2.75, 3.05) is 18.0 Å². The van der Waals surface area contributed by atoms with Gasteiger partial charge in [-0.2, -0.15) is 0 Å². The van der Waals surface area contributed by atoms with Crippen LogP contribution >= 0.6 is 0 Å². The Labute approximate surface area is 188 Å². The van der Waals surface area contributed by atoms with Gasteiger partial charge in [-0.3, -0.25) is 18.8 Å². The molecule has 0 spiro atoms. The maximum atomic E-state index is 13.3. The van der Waals surface area contributed by atoms with Gasteiger partial charge in [-0.25, -0.2) is 14.4 Å². The number of nitrogens with zero attached hydrogens (tertiary/aromatic N) is 3. The number of benzene rings is 2. The van der Waals surface area contributed by atoms with Crippen LogP contribution in [-0.4, -0.2) is 39.5 Å². The molecule has 0 aliphatic carbocycles. The van der Waals surface area contributed by atoms with Gasteiger partial charge in [-0.15, -0.1) is 0 Å². The number of carbonyl (C=O) groups is 2. The van der Waals surface area contributed by atoms with E-state index >= 15 is 0 Å². The molecule has 2 aromatic carbocycles. The van der Waals surface area contributed by atoms with Crippen LogP contribution in [0.3, 0.4) is 0 Å². The van der Waals surface area contributed by atoms with Crippen LogP contribution in [0.2, 0.25) is 0 Å². The number of hydrogen-bond donors (Lipinski definition) is 2. The Kier molecular flexibility index (Phi) is 5.74. The number of urea groups is 1. The second-order valence-electron chi connectivity index (χ2n) is 7.66. The molecule has 0 radical (unpaired) electrons. The highest BCUT2D eigenvalue weighted by molar-refractivity contribution is 5.94. The molecule has 10 heteroatoms. The number of hydrogen-bond acceptors (Lipinski definition) is 5. The summed E-state index contributed by atoms with van der Waals surface area (Å²) in [7, 11) is 0. The molecule has 2 N–H and O–H groups in total. The lowest BCUT2D eigenvalue weighted by Crippen LogP contribution is -2.40. The van der Waals surface area contributed by atoms with Gasteiger partial charge in [0, 0.05) is 18.8 Å². The first-order valence-corrected chi connectivity index (χ1v) is 10.2. The van der Waals surface area contributed by atoms with Gasteiger partial charge in [0.05, 0.1) is 18.4 Å². The zero-order valence-corrected chi connectivity index (χ0v) is 18.1. The fraction of sp³-hybridized carbons (Fsp3) is 0.217. The summed E-state index contributed by atoms with van der Waals surface area (Å²) in [5.41, 5.74) is 2.22. The predicted molar refractivity (Wildman–Crippen MR) is 121 cm³/mol. The molecule has 1 fully saturated rings. The number of anilines is 1. The van der Waals surface area contributed by atoms with Crippen molar-refractivity contribution >= 4 is 17.9 Å². The molecular weight excluding hydrogens is 428 g/mol. The largest absolute Gasteiger partial charge is 0.511 e. The Morgan fingerprint density at radius 3 is 2.39 bits per heavy atom. The second kappa shape index (κ2) is 8.65. The van der Waals surface area contributed by atoms with Crippen molar-refractivity contribution in [2.24, 2.45) is 0 Å². The maximum Gasteiger partial charge on any atom is 0.511 e. The number of rotatable bonds is 5. The normalized spacial score (nSPS) is 13.2. The van der Waals surface area contributed by atoms with Crippen LogP contribution in [0.15, 0.2) is 58.3 Å². The van der Waals surface area contributed by atoms with E-state index in [0.717, 1.165) is 32.0 Å². The van der Waals surface area contributed by atoms with Gasteiger partial charge in [0.2, 0.25) is 5.75 Å². The molecule has 10 nitrogen and oxygen atoms in total. The van der Waals surface area contributed by atoms with Crippen LogP contribution in [0.5, 0.6) is 5.75 Å². The monoisotopic (exact) mass is 450 g/mol. The first kappa shape index (κ1) is 21.9. The van der Waals surface area contributed by atoms with Gasteiger partial charge in [-0.05, 0) is 54.8 Å². The number of nitrogens with one attached hydrogen (secondary N) is 1.